The summed E-state index contributed by atoms with van der Waals surface area (Å²) < 4.78 is 0. The Bertz CT molecular complexity index is 1090. The predicted molar refractivity (Wildman–Crippen MR) is 125 cm³/mol. The van der Waals surface area contributed by atoms with Crippen LogP contribution in [0.15, 0.2) is 67.0 Å². The number of piperazine rings is 1. The number of nitrogens with one attached hydrogen (secondary N) is 2. The lowest BCUT2D eigenvalue weighted by Gasteiger charge is -2.35. The number of benzene rings is 2. The molecule has 0 radical (unpaired) electrons. The smallest absolute Gasteiger partial charge is 0.348 e. The largest absolute Gasteiger partial charge is 0.355 e. The van der Waals surface area contributed by atoms with E-state index in [9.17, 15) is 14.9 Å². The molecule has 1 fully saturated rings. The predicted octanol–water partition coefficient (Wildman–Crippen LogP) is 2.39. The number of carbonyl (C=O) groups is 1. The van der Waals surface area contributed by atoms with Crippen LogP contribution in [0.2, 0.25) is 0 Å². The Morgan fingerprint density at radius 1 is 0.939 bits per heavy atom. The van der Waals surface area contributed by atoms with Gasteiger partial charge in [0, 0.05) is 32.7 Å². The summed E-state index contributed by atoms with van der Waals surface area (Å²) in [6.07, 6.45) is 1.41. The maximum Gasteiger partial charge on any atom is 0.355 e. The monoisotopic (exact) mass is 447 g/mol. The standard InChI is InChI=1S/C23H25N7O3/c31-20(15-18-7-3-1-4-8-18)26-27-22-21(30(32)33)23(25-17-24-22)29-13-11-28(12-14-29)16-19-9-5-2-6-10-19/h1-10,17H,11-16H2,(H,26,31)(H,24,25,27). The van der Waals surface area contributed by atoms with Crippen molar-refractivity contribution in [2.24, 2.45) is 0 Å². The quantitative estimate of drug-likeness (QED) is 0.399. The Morgan fingerprint density at radius 2 is 1.58 bits per heavy atom. The maximum atomic E-state index is 12.2. The first-order valence-corrected chi connectivity index (χ1v) is 10.7. The summed E-state index contributed by atoms with van der Waals surface area (Å²) in [5.41, 5.74) is 6.92. The number of anilines is 2. The zero-order chi connectivity index (χ0) is 23.0. The van der Waals surface area contributed by atoms with Crippen LogP contribution in [0.5, 0.6) is 0 Å². The minimum absolute atomic E-state index is 0.0434. The van der Waals surface area contributed by atoms with Gasteiger partial charge in [0.1, 0.15) is 6.33 Å². The molecule has 0 atom stereocenters. The molecule has 1 amide bonds. The van der Waals surface area contributed by atoms with Crippen LogP contribution >= 0.6 is 0 Å². The molecule has 0 saturated carbocycles. The van der Waals surface area contributed by atoms with E-state index >= 15 is 0 Å². The van der Waals surface area contributed by atoms with Gasteiger partial charge in [-0.1, -0.05) is 60.7 Å². The molecule has 3 aromatic rings. The van der Waals surface area contributed by atoms with Gasteiger partial charge in [0.15, 0.2) is 0 Å². The van der Waals surface area contributed by atoms with Gasteiger partial charge in [0.25, 0.3) is 0 Å². The summed E-state index contributed by atoms with van der Waals surface area (Å²) in [7, 11) is 0. The first kappa shape index (κ1) is 22.2. The van der Waals surface area contributed by atoms with Crippen molar-refractivity contribution in [1.29, 1.82) is 0 Å². The average Bonchev–Trinajstić information content (AvgIpc) is 2.84. The van der Waals surface area contributed by atoms with E-state index in [2.05, 4.69) is 37.9 Å². The lowest BCUT2D eigenvalue weighted by atomic mass is 10.1. The maximum absolute atomic E-state index is 12.2. The van der Waals surface area contributed by atoms with Crippen LogP contribution in [0, 0.1) is 10.1 Å². The molecule has 33 heavy (non-hydrogen) atoms. The van der Waals surface area contributed by atoms with Crippen molar-refractivity contribution in [3.63, 3.8) is 0 Å². The zero-order valence-corrected chi connectivity index (χ0v) is 18.1. The Balaban J connectivity index is 1.40. The van der Waals surface area contributed by atoms with Gasteiger partial charge in [0.2, 0.25) is 17.5 Å². The molecule has 1 saturated heterocycles. The van der Waals surface area contributed by atoms with Crippen molar-refractivity contribution in [3.05, 3.63) is 88.2 Å². The molecule has 0 bridgehead atoms. The Hall–Kier alpha value is -4.05. The minimum atomic E-state index is -0.517. The molecule has 0 unspecified atom stereocenters. The fourth-order valence-electron chi connectivity index (χ4n) is 3.77. The van der Waals surface area contributed by atoms with E-state index in [1.54, 1.807) is 0 Å². The fourth-order valence-corrected chi connectivity index (χ4v) is 3.77. The second-order valence-corrected chi connectivity index (χ2v) is 7.74. The lowest BCUT2D eigenvalue weighted by Crippen LogP contribution is -2.46. The summed E-state index contributed by atoms with van der Waals surface area (Å²) in [5.74, 6) is -0.127. The first-order chi connectivity index (χ1) is 16.1. The number of hydrazine groups is 1. The van der Waals surface area contributed by atoms with Crippen LogP contribution in [0.4, 0.5) is 17.3 Å². The lowest BCUT2D eigenvalue weighted by molar-refractivity contribution is -0.383. The van der Waals surface area contributed by atoms with E-state index in [0.717, 1.165) is 25.2 Å². The van der Waals surface area contributed by atoms with Crippen molar-refractivity contribution in [3.8, 4) is 0 Å². The number of carbonyl (C=O) groups excluding carboxylic acids is 1. The molecule has 10 heteroatoms. The van der Waals surface area contributed by atoms with Gasteiger partial charge in [-0.2, -0.15) is 0 Å². The summed E-state index contributed by atoms with van der Waals surface area (Å²) >= 11 is 0. The summed E-state index contributed by atoms with van der Waals surface area (Å²) in [4.78, 5) is 36.0. The number of rotatable bonds is 8. The highest BCUT2D eigenvalue weighted by Crippen LogP contribution is 2.32. The topological polar surface area (TPSA) is 117 Å². The highest BCUT2D eigenvalue weighted by molar-refractivity contribution is 5.81. The number of hydrogen-bond acceptors (Lipinski definition) is 8. The molecule has 0 aliphatic carbocycles. The third-order valence-corrected chi connectivity index (χ3v) is 5.43. The molecular formula is C23H25N7O3. The second-order valence-electron chi connectivity index (χ2n) is 7.74. The number of hydrogen-bond donors (Lipinski definition) is 2. The van der Waals surface area contributed by atoms with Gasteiger partial charge < -0.3 is 4.90 Å². The molecule has 2 aromatic carbocycles. The molecule has 10 nitrogen and oxygen atoms in total. The van der Waals surface area contributed by atoms with Gasteiger partial charge in [-0.3, -0.25) is 30.7 Å². The number of nitrogens with zero attached hydrogens (tertiary/aromatic N) is 5. The Labute approximate surface area is 191 Å². The highest BCUT2D eigenvalue weighted by Gasteiger charge is 2.29. The Kier molecular flexibility index (Phi) is 7.06. The highest BCUT2D eigenvalue weighted by atomic mass is 16.6. The normalized spacial score (nSPS) is 14.0. The fraction of sp³-hybridized carbons (Fsp3) is 0.261. The van der Waals surface area contributed by atoms with Crippen LogP contribution < -0.4 is 15.8 Å². The van der Waals surface area contributed by atoms with E-state index in [-0.39, 0.29) is 29.7 Å². The van der Waals surface area contributed by atoms with Crippen molar-refractivity contribution in [2.75, 3.05) is 36.5 Å². The molecule has 2 heterocycles. The third kappa shape index (κ3) is 5.80. The van der Waals surface area contributed by atoms with E-state index in [1.807, 2.05) is 53.4 Å². The molecule has 1 aliphatic rings. The van der Waals surface area contributed by atoms with Crippen molar-refractivity contribution >= 4 is 23.2 Å². The van der Waals surface area contributed by atoms with Gasteiger partial charge >= 0.3 is 5.69 Å². The summed E-state index contributed by atoms with van der Waals surface area (Å²) in [6.45, 7) is 3.55. The molecule has 170 valence electrons. The third-order valence-electron chi connectivity index (χ3n) is 5.43. The van der Waals surface area contributed by atoms with Gasteiger partial charge in [-0.15, -0.1) is 0 Å². The van der Waals surface area contributed by atoms with E-state index < -0.39 is 4.92 Å². The van der Waals surface area contributed by atoms with Crippen LogP contribution in [0.1, 0.15) is 11.1 Å². The summed E-state index contributed by atoms with van der Waals surface area (Å²) in [6, 6.07) is 19.4. The van der Waals surface area contributed by atoms with Crippen LogP contribution in [-0.2, 0) is 17.8 Å². The summed E-state index contributed by atoms with van der Waals surface area (Å²) in [5, 5.41) is 11.9. The molecular weight excluding hydrogens is 422 g/mol. The van der Waals surface area contributed by atoms with Gasteiger partial charge in [-0.05, 0) is 11.1 Å². The first-order valence-electron chi connectivity index (χ1n) is 10.7. The van der Waals surface area contributed by atoms with E-state index in [1.165, 1.54) is 11.9 Å². The SMILES string of the molecule is O=C(Cc1ccccc1)NNc1ncnc(N2CCN(Cc3ccccc3)CC2)c1[N+](=O)[O-]. The van der Waals surface area contributed by atoms with Crippen molar-refractivity contribution in [2.45, 2.75) is 13.0 Å². The average molecular weight is 447 g/mol. The van der Waals surface area contributed by atoms with Crippen molar-refractivity contribution < 1.29 is 9.72 Å². The van der Waals surface area contributed by atoms with E-state index in [4.69, 9.17) is 0 Å². The van der Waals surface area contributed by atoms with E-state index in [0.29, 0.717) is 13.1 Å². The van der Waals surface area contributed by atoms with Crippen LogP contribution in [0.25, 0.3) is 0 Å². The molecule has 1 aromatic heterocycles. The van der Waals surface area contributed by atoms with Crippen molar-refractivity contribution in [1.82, 2.24) is 20.3 Å². The van der Waals surface area contributed by atoms with Gasteiger partial charge in [-0.25, -0.2) is 9.97 Å². The molecule has 2 N–H and O–H groups in total. The van der Waals surface area contributed by atoms with Gasteiger partial charge in [0.05, 0.1) is 11.3 Å². The molecule has 4 rings (SSSR count). The zero-order valence-electron chi connectivity index (χ0n) is 18.1. The number of nitro groups is 1. The second kappa shape index (κ2) is 10.5. The molecule has 0 spiro atoms. The minimum Gasteiger partial charge on any atom is -0.348 e. The molecule has 1 aliphatic heterocycles. The van der Waals surface area contributed by atoms with Crippen LogP contribution in [-0.4, -0.2) is 51.9 Å². The number of amides is 1. The Morgan fingerprint density at radius 3 is 2.21 bits per heavy atom. The van der Waals surface area contributed by atoms with Crippen LogP contribution in [0.3, 0.4) is 0 Å². The number of aromatic nitrogens is 2.